The normalized spacial score (nSPS) is 15.1. The number of anilines is 1. The molecule has 1 aliphatic heterocycles. The van der Waals surface area contributed by atoms with Gasteiger partial charge in [0.05, 0.1) is 10.6 Å². The van der Waals surface area contributed by atoms with Gasteiger partial charge < -0.3 is 10.2 Å². The summed E-state index contributed by atoms with van der Waals surface area (Å²) in [6, 6.07) is 13.7. The van der Waals surface area contributed by atoms with Crippen LogP contribution in [0.3, 0.4) is 0 Å². The van der Waals surface area contributed by atoms with E-state index >= 15 is 0 Å². The first kappa shape index (κ1) is 25.6. The average molecular weight is 490 g/mol. The van der Waals surface area contributed by atoms with Crippen molar-refractivity contribution in [3.8, 4) is 0 Å². The van der Waals surface area contributed by atoms with Crippen LogP contribution in [0.2, 0.25) is 0 Å². The minimum atomic E-state index is -3.67. The van der Waals surface area contributed by atoms with Gasteiger partial charge in [0.2, 0.25) is 0 Å². The first-order valence-electron chi connectivity index (χ1n) is 11.7. The highest BCUT2D eigenvalue weighted by atomic mass is 32.2. The molecule has 1 N–H and O–H groups in total. The van der Waals surface area contributed by atoms with Gasteiger partial charge in [-0.2, -0.15) is 0 Å². The Balaban J connectivity index is 1.57. The van der Waals surface area contributed by atoms with Crippen molar-refractivity contribution in [3.05, 3.63) is 54.1 Å². The molecule has 3 rings (SSSR count). The van der Waals surface area contributed by atoms with Crippen LogP contribution in [0.25, 0.3) is 0 Å². The molecule has 8 heteroatoms. The first-order valence-corrected chi connectivity index (χ1v) is 14.4. The largest absolute Gasteiger partial charge is 0.352 e. The fraction of sp³-hybridized carbons (Fsp3) is 0.480. The van der Waals surface area contributed by atoms with Gasteiger partial charge in [-0.1, -0.05) is 12.8 Å². The zero-order chi connectivity index (χ0) is 23.7. The number of carbonyl (C=O) groups excluding carboxylic acids is 1. The Morgan fingerprint density at radius 2 is 1.64 bits per heavy atom. The monoisotopic (exact) mass is 489 g/mol. The Labute approximate surface area is 202 Å². The van der Waals surface area contributed by atoms with E-state index < -0.39 is 10.0 Å². The summed E-state index contributed by atoms with van der Waals surface area (Å²) in [5.74, 6) is -0.129. The van der Waals surface area contributed by atoms with Crippen molar-refractivity contribution in [2.45, 2.75) is 48.8 Å². The second kappa shape index (κ2) is 12.4. The number of thioether (sulfide) groups is 1. The Hall–Kier alpha value is -2.03. The lowest BCUT2D eigenvalue weighted by molar-refractivity contribution is 0.0951. The Bertz CT molecular complexity index is 985. The van der Waals surface area contributed by atoms with Gasteiger partial charge in [0.25, 0.3) is 15.9 Å². The van der Waals surface area contributed by atoms with E-state index in [4.69, 9.17) is 0 Å². The average Bonchev–Trinajstić information content (AvgIpc) is 3.11. The van der Waals surface area contributed by atoms with E-state index in [-0.39, 0.29) is 10.8 Å². The van der Waals surface area contributed by atoms with E-state index in [9.17, 15) is 13.2 Å². The number of rotatable bonds is 10. The van der Waals surface area contributed by atoms with Gasteiger partial charge in [-0.15, -0.1) is 11.8 Å². The molecule has 1 aliphatic rings. The molecule has 0 unspecified atom stereocenters. The predicted octanol–water partition coefficient (Wildman–Crippen LogP) is 4.62. The van der Waals surface area contributed by atoms with Crippen LogP contribution in [-0.4, -0.2) is 58.2 Å². The van der Waals surface area contributed by atoms with Crippen molar-refractivity contribution in [2.24, 2.45) is 0 Å². The molecule has 0 atom stereocenters. The maximum Gasteiger partial charge on any atom is 0.264 e. The van der Waals surface area contributed by atoms with Gasteiger partial charge in [-0.05, 0) is 101 Å². The number of hydrogen-bond acceptors (Lipinski definition) is 5. The Morgan fingerprint density at radius 3 is 2.21 bits per heavy atom. The third-order valence-electron chi connectivity index (χ3n) is 5.99. The molecule has 1 amide bonds. The molecular weight excluding hydrogens is 454 g/mol. The summed E-state index contributed by atoms with van der Waals surface area (Å²) >= 11 is 1.57. The van der Waals surface area contributed by atoms with Crippen molar-refractivity contribution >= 4 is 33.4 Å². The van der Waals surface area contributed by atoms with Crippen molar-refractivity contribution in [2.75, 3.05) is 43.3 Å². The fourth-order valence-corrected chi connectivity index (χ4v) is 5.99. The number of carbonyl (C=O) groups is 1. The van der Waals surface area contributed by atoms with Crippen LogP contribution in [0.1, 0.15) is 49.4 Å². The molecule has 180 valence electrons. The Kier molecular flexibility index (Phi) is 9.64. The molecule has 0 radical (unpaired) electrons. The lowest BCUT2D eigenvalue weighted by Gasteiger charge is -2.23. The molecule has 1 heterocycles. The van der Waals surface area contributed by atoms with E-state index in [0.29, 0.717) is 24.3 Å². The summed E-state index contributed by atoms with van der Waals surface area (Å²) in [6.07, 6.45) is 8.07. The number of nitrogens with one attached hydrogen (secondary N) is 1. The molecule has 1 saturated heterocycles. The lowest BCUT2D eigenvalue weighted by Crippen LogP contribution is -2.31. The molecule has 2 aromatic carbocycles. The summed E-state index contributed by atoms with van der Waals surface area (Å²) in [5.41, 5.74) is 1.08. The molecule has 0 bridgehead atoms. The second-order valence-electron chi connectivity index (χ2n) is 8.26. The van der Waals surface area contributed by atoms with E-state index in [1.807, 2.05) is 18.4 Å². The van der Waals surface area contributed by atoms with Gasteiger partial charge in [-0.3, -0.25) is 9.10 Å². The highest BCUT2D eigenvalue weighted by Crippen LogP contribution is 2.25. The summed E-state index contributed by atoms with van der Waals surface area (Å²) in [6.45, 7) is 6.08. The Morgan fingerprint density at radius 1 is 1.00 bits per heavy atom. The number of nitrogens with zero attached hydrogens (tertiary/aromatic N) is 2. The second-order valence-corrected chi connectivity index (χ2v) is 11.0. The number of benzene rings is 2. The minimum Gasteiger partial charge on any atom is -0.352 e. The van der Waals surface area contributed by atoms with Gasteiger partial charge in [-0.25, -0.2) is 8.42 Å². The van der Waals surface area contributed by atoms with Crippen LogP contribution in [0.4, 0.5) is 5.69 Å². The van der Waals surface area contributed by atoms with E-state index in [0.717, 1.165) is 31.0 Å². The summed E-state index contributed by atoms with van der Waals surface area (Å²) in [4.78, 5) is 16.3. The molecule has 0 spiro atoms. The fourth-order valence-electron chi connectivity index (χ4n) is 4.11. The summed E-state index contributed by atoms with van der Waals surface area (Å²) < 4.78 is 27.7. The number of sulfonamides is 1. The highest BCUT2D eigenvalue weighted by Gasteiger charge is 2.23. The smallest absolute Gasteiger partial charge is 0.264 e. The van der Waals surface area contributed by atoms with Crippen LogP contribution in [0.5, 0.6) is 0 Å². The van der Waals surface area contributed by atoms with Crippen molar-refractivity contribution in [3.63, 3.8) is 0 Å². The molecule has 2 aromatic rings. The first-order chi connectivity index (χ1) is 16.0. The van der Waals surface area contributed by atoms with Crippen LogP contribution in [0, 0.1) is 0 Å². The molecule has 0 aromatic heterocycles. The van der Waals surface area contributed by atoms with Crippen molar-refractivity contribution < 1.29 is 13.2 Å². The topological polar surface area (TPSA) is 69.7 Å². The van der Waals surface area contributed by atoms with Gasteiger partial charge in [0.15, 0.2) is 0 Å². The highest BCUT2D eigenvalue weighted by molar-refractivity contribution is 7.98. The third-order valence-corrected chi connectivity index (χ3v) is 8.65. The van der Waals surface area contributed by atoms with Crippen LogP contribution >= 0.6 is 11.8 Å². The zero-order valence-corrected chi connectivity index (χ0v) is 21.3. The van der Waals surface area contributed by atoms with Crippen LogP contribution < -0.4 is 9.62 Å². The molecular formula is C25H35N3O3S2. The predicted molar refractivity (Wildman–Crippen MR) is 137 cm³/mol. The van der Waals surface area contributed by atoms with Gasteiger partial charge in [0.1, 0.15) is 0 Å². The van der Waals surface area contributed by atoms with E-state index in [1.165, 1.54) is 30.0 Å². The standard InChI is InChI=1S/C25H35N3O3S2/c1-3-28(33(30,31)24-15-13-23(32-2)14-16-24)22-11-9-21(10-12-22)25(29)26-17-8-20-27-18-6-4-5-7-19-27/h9-16H,3-8,17-20H2,1-2H3,(H,26,29). The quantitative estimate of drug-likeness (QED) is 0.390. The van der Waals surface area contributed by atoms with Crippen molar-refractivity contribution in [1.29, 1.82) is 0 Å². The van der Waals surface area contributed by atoms with Gasteiger partial charge >= 0.3 is 0 Å². The minimum absolute atomic E-state index is 0.129. The maximum absolute atomic E-state index is 13.1. The van der Waals surface area contributed by atoms with Crippen LogP contribution in [-0.2, 0) is 10.0 Å². The number of hydrogen-bond donors (Lipinski definition) is 1. The summed E-state index contributed by atoms with van der Waals surface area (Å²) in [7, 11) is -3.67. The maximum atomic E-state index is 13.1. The zero-order valence-electron chi connectivity index (χ0n) is 19.6. The number of amides is 1. The molecule has 33 heavy (non-hydrogen) atoms. The number of likely N-dealkylation sites (tertiary alicyclic amines) is 1. The summed E-state index contributed by atoms with van der Waals surface area (Å²) in [5, 5.41) is 2.98. The van der Waals surface area contributed by atoms with Crippen LogP contribution in [0.15, 0.2) is 58.3 Å². The van der Waals surface area contributed by atoms with Gasteiger partial charge in [0, 0.05) is 23.5 Å². The molecule has 0 saturated carbocycles. The molecule has 1 fully saturated rings. The molecule has 0 aliphatic carbocycles. The molecule has 6 nitrogen and oxygen atoms in total. The van der Waals surface area contributed by atoms with E-state index in [1.54, 1.807) is 55.1 Å². The van der Waals surface area contributed by atoms with E-state index in [2.05, 4.69) is 10.2 Å². The third kappa shape index (κ3) is 6.98. The lowest BCUT2D eigenvalue weighted by atomic mass is 10.2. The van der Waals surface area contributed by atoms with Crippen molar-refractivity contribution in [1.82, 2.24) is 10.2 Å². The SMILES string of the molecule is CCN(c1ccc(C(=O)NCCCN2CCCCCC2)cc1)S(=O)(=O)c1ccc(SC)cc1.